The van der Waals surface area contributed by atoms with E-state index in [9.17, 15) is 8.78 Å². The lowest BCUT2D eigenvalue weighted by atomic mass is 9.78. The predicted octanol–water partition coefficient (Wildman–Crippen LogP) is 5.42. The summed E-state index contributed by atoms with van der Waals surface area (Å²) in [4.78, 5) is 0. The van der Waals surface area contributed by atoms with Gasteiger partial charge in [0.15, 0.2) is 17.9 Å². The van der Waals surface area contributed by atoms with Gasteiger partial charge in [0, 0.05) is 11.8 Å². The van der Waals surface area contributed by atoms with Crippen LogP contribution in [0.3, 0.4) is 0 Å². The molecule has 1 saturated heterocycles. The van der Waals surface area contributed by atoms with E-state index in [1.807, 2.05) is 0 Å². The number of rotatable bonds is 5. The Morgan fingerprint density at radius 1 is 1.00 bits per heavy atom. The fourth-order valence-corrected chi connectivity index (χ4v) is 3.98. The molecular formula is C20H28F2O2. The first-order chi connectivity index (χ1) is 11.7. The average Bonchev–Trinajstić information content (AvgIpc) is 2.63. The molecule has 134 valence electrons. The second-order valence-corrected chi connectivity index (χ2v) is 7.33. The summed E-state index contributed by atoms with van der Waals surface area (Å²) in [5.41, 5.74) is 0.914. The summed E-state index contributed by atoms with van der Waals surface area (Å²) in [6.45, 7) is 3.83. The van der Waals surface area contributed by atoms with Crippen molar-refractivity contribution in [1.29, 1.82) is 0 Å². The first-order valence-electron chi connectivity index (χ1n) is 9.35. The number of halogens is 2. The van der Waals surface area contributed by atoms with Crippen LogP contribution in [0.5, 0.6) is 0 Å². The van der Waals surface area contributed by atoms with Gasteiger partial charge in [0.05, 0.1) is 13.2 Å². The Labute approximate surface area is 143 Å². The Morgan fingerprint density at radius 3 is 2.33 bits per heavy atom. The van der Waals surface area contributed by atoms with Crippen LogP contribution >= 0.6 is 0 Å². The van der Waals surface area contributed by atoms with Crippen molar-refractivity contribution >= 4 is 0 Å². The van der Waals surface area contributed by atoms with Crippen molar-refractivity contribution in [2.24, 2.45) is 11.8 Å². The van der Waals surface area contributed by atoms with E-state index in [0.29, 0.717) is 17.8 Å². The molecule has 0 N–H and O–H groups in total. The second kappa shape index (κ2) is 8.39. The largest absolute Gasteiger partial charge is 0.352 e. The van der Waals surface area contributed by atoms with Crippen LogP contribution in [0.25, 0.3) is 0 Å². The van der Waals surface area contributed by atoms with Gasteiger partial charge in [0.2, 0.25) is 0 Å². The Balaban J connectivity index is 1.46. The summed E-state index contributed by atoms with van der Waals surface area (Å²) < 4.78 is 38.4. The summed E-state index contributed by atoms with van der Waals surface area (Å²) in [6, 6.07) is 4.31. The van der Waals surface area contributed by atoms with E-state index in [1.54, 1.807) is 6.07 Å². The summed E-state index contributed by atoms with van der Waals surface area (Å²) in [5.74, 6) is -0.226. The van der Waals surface area contributed by atoms with Crippen molar-refractivity contribution in [2.75, 3.05) is 13.2 Å². The summed E-state index contributed by atoms with van der Waals surface area (Å²) >= 11 is 0. The van der Waals surface area contributed by atoms with Gasteiger partial charge >= 0.3 is 0 Å². The zero-order valence-corrected chi connectivity index (χ0v) is 14.5. The molecule has 3 rings (SSSR count). The lowest BCUT2D eigenvalue weighted by Gasteiger charge is -2.37. The lowest BCUT2D eigenvalue weighted by molar-refractivity contribution is -0.229. The van der Waals surface area contributed by atoms with Gasteiger partial charge in [-0.05, 0) is 55.7 Å². The maximum Gasteiger partial charge on any atom is 0.160 e. The van der Waals surface area contributed by atoms with Crippen LogP contribution in [0.2, 0.25) is 0 Å². The molecular weight excluding hydrogens is 310 g/mol. The van der Waals surface area contributed by atoms with Gasteiger partial charge in [-0.25, -0.2) is 8.78 Å². The van der Waals surface area contributed by atoms with E-state index < -0.39 is 11.6 Å². The first kappa shape index (κ1) is 17.8. The quantitative estimate of drug-likeness (QED) is 0.714. The van der Waals surface area contributed by atoms with E-state index in [0.717, 1.165) is 44.5 Å². The molecule has 1 aromatic rings. The molecule has 1 saturated carbocycles. The highest BCUT2D eigenvalue weighted by Gasteiger charge is 2.32. The van der Waals surface area contributed by atoms with Gasteiger partial charge in [-0.15, -0.1) is 0 Å². The third kappa shape index (κ3) is 4.34. The number of unbranched alkanes of at least 4 members (excludes halogenated alkanes) is 1. The van der Waals surface area contributed by atoms with E-state index in [4.69, 9.17) is 9.47 Å². The highest BCUT2D eigenvalue weighted by molar-refractivity contribution is 5.22. The van der Waals surface area contributed by atoms with Gasteiger partial charge in [-0.3, -0.25) is 0 Å². The van der Waals surface area contributed by atoms with Crippen molar-refractivity contribution < 1.29 is 18.3 Å². The molecule has 1 aromatic carbocycles. The number of hydrogen-bond donors (Lipinski definition) is 0. The van der Waals surface area contributed by atoms with Crippen LogP contribution in [0, 0.1) is 23.5 Å². The van der Waals surface area contributed by atoms with Gasteiger partial charge in [0.25, 0.3) is 0 Å². The zero-order chi connectivity index (χ0) is 16.9. The zero-order valence-electron chi connectivity index (χ0n) is 14.5. The third-order valence-electron chi connectivity index (χ3n) is 5.53. The second-order valence-electron chi connectivity index (χ2n) is 7.33. The highest BCUT2D eigenvalue weighted by atomic mass is 19.2. The van der Waals surface area contributed by atoms with Crippen molar-refractivity contribution in [3.05, 3.63) is 35.4 Å². The third-order valence-corrected chi connectivity index (χ3v) is 5.53. The predicted molar refractivity (Wildman–Crippen MR) is 89.8 cm³/mol. The van der Waals surface area contributed by atoms with Crippen LogP contribution in [0.4, 0.5) is 8.78 Å². The van der Waals surface area contributed by atoms with Crippen molar-refractivity contribution in [3.63, 3.8) is 0 Å². The van der Waals surface area contributed by atoms with Crippen LogP contribution in [0.15, 0.2) is 18.2 Å². The Morgan fingerprint density at radius 2 is 1.71 bits per heavy atom. The molecule has 2 nitrogen and oxygen atoms in total. The minimum Gasteiger partial charge on any atom is -0.352 e. The number of benzene rings is 1. The average molecular weight is 338 g/mol. The Hall–Kier alpha value is -1.00. The van der Waals surface area contributed by atoms with E-state index >= 15 is 0 Å². The molecule has 1 aliphatic heterocycles. The Bertz CT molecular complexity index is 518. The van der Waals surface area contributed by atoms with Crippen LogP contribution < -0.4 is 0 Å². The minimum atomic E-state index is -0.769. The molecule has 24 heavy (non-hydrogen) atoms. The van der Waals surface area contributed by atoms with Crippen molar-refractivity contribution in [2.45, 2.75) is 64.1 Å². The molecule has 0 bridgehead atoms. The minimum absolute atomic E-state index is 0.0752. The molecule has 0 radical (unpaired) electrons. The molecule has 1 heterocycles. The summed E-state index contributed by atoms with van der Waals surface area (Å²) in [6.07, 6.45) is 7.58. The SMILES string of the molecule is CCCC[C@H]1CO[C@H](C2CCC(c3ccc(F)c(F)c3)CC2)OC1. The Kier molecular flexibility index (Phi) is 6.23. The van der Waals surface area contributed by atoms with E-state index in [-0.39, 0.29) is 6.29 Å². The van der Waals surface area contributed by atoms with Crippen molar-refractivity contribution in [3.8, 4) is 0 Å². The number of hydrogen-bond acceptors (Lipinski definition) is 2. The molecule has 0 spiro atoms. The highest BCUT2D eigenvalue weighted by Crippen LogP contribution is 2.39. The standard InChI is InChI=1S/C20H28F2O2/c1-2-3-4-14-12-23-20(24-13-14)16-7-5-15(6-8-16)17-9-10-18(21)19(22)11-17/h9-11,14-16,20H,2-8,12-13H2,1H3/t14-,15?,16?,20-. The molecule has 2 aliphatic rings. The normalized spacial score (nSPS) is 31.1. The van der Waals surface area contributed by atoms with Crippen LogP contribution in [0.1, 0.15) is 63.4 Å². The topological polar surface area (TPSA) is 18.5 Å². The van der Waals surface area contributed by atoms with Crippen molar-refractivity contribution in [1.82, 2.24) is 0 Å². The van der Waals surface area contributed by atoms with Crippen LogP contribution in [-0.2, 0) is 9.47 Å². The summed E-state index contributed by atoms with van der Waals surface area (Å²) in [5, 5.41) is 0. The number of ether oxygens (including phenoxy) is 2. The van der Waals surface area contributed by atoms with Gasteiger partial charge in [-0.1, -0.05) is 25.8 Å². The smallest absolute Gasteiger partial charge is 0.160 e. The van der Waals surface area contributed by atoms with E-state index in [2.05, 4.69) is 6.92 Å². The lowest BCUT2D eigenvalue weighted by Crippen LogP contribution is -2.38. The maximum absolute atomic E-state index is 13.4. The van der Waals surface area contributed by atoms with Gasteiger partial charge in [-0.2, -0.15) is 0 Å². The molecule has 4 heteroatoms. The molecule has 1 aliphatic carbocycles. The monoisotopic (exact) mass is 338 g/mol. The molecule has 0 atom stereocenters. The van der Waals surface area contributed by atoms with E-state index in [1.165, 1.54) is 31.4 Å². The molecule has 2 fully saturated rings. The maximum atomic E-state index is 13.4. The molecule has 0 unspecified atom stereocenters. The van der Waals surface area contributed by atoms with Gasteiger partial charge < -0.3 is 9.47 Å². The first-order valence-corrected chi connectivity index (χ1v) is 9.35. The fraction of sp³-hybridized carbons (Fsp3) is 0.700. The summed E-state index contributed by atoms with van der Waals surface area (Å²) in [7, 11) is 0. The fourth-order valence-electron chi connectivity index (χ4n) is 3.98. The molecule has 0 aromatic heterocycles. The van der Waals surface area contributed by atoms with Gasteiger partial charge in [0.1, 0.15) is 0 Å². The molecule has 0 amide bonds. The van der Waals surface area contributed by atoms with Crippen LogP contribution in [-0.4, -0.2) is 19.5 Å².